The Labute approximate surface area is 126 Å². The number of benzene rings is 1. The number of nitrogens with zero attached hydrogens (tertiary/aromatic N) is 2. The van der Waals surface area contributed by atoms with Gasteiger partial charge in [0.05, 0.1) is 24.6 Å². The summed E-state index contributed by atoms with van der Waals surface area (Å²) in [5.41, 5.74) is 0.990. The molecule has 2 unspecified atom stereocenters. The normalized spacial score (nSPS) is 13.9. The fraction of sp³-hybridized carbons (Fsp3) is 0.357. The fourth-order valence-electron chi connectivity index (χ4n) is 1.95. The molecular weight excluding hydrogens is 296 g/mol. The van der Waals surface area contributed by atoms with Crippen LogP contribution < -0.4 is 0 Å². The molecule has 0 saturated heterocycles. The number of carbonyl (C=O) groups is 1. The van der Waals surface area contributed by atoms with E-state index >= 15 is 0 Å². The van der Waals surface area contributed by atoms with Gasteiger partial charge in [0, 0.05) is 5.39 Å². The van der Waals surface area contributed by atoms with Gasteiger partial charge in [0.15, 0.2) is 0 Å². The van der Waals surface area contributed by atoms with Gasteiger partial charge in [-0.15, -0.1) is 0 Å². The number of aliphatic hydroxyl groups excluding tert-OH is 2. The summed E-state index contributed by atoms with van der Waals surface area (Å²) in [6.45, 7) is 1.90. The molecule has 21 heavy (non-hydrogen) atoms. The van der Waals surface area contributed by atoms with Crippen molar-refractivity contribution >= 4 is 28.5 Å². The van der Waals surface area contributed by atoms with Crippen LogP contribution in [0.25, 0.3) is 10.9 Å². The number of fused-ring (bicyclic) bond motifs is 1. The summed E-state index contributed by atoms with van der Waals surface area (Å²) < 4.78 is 4.74. The van der Waals surface area contributed by atoms with E-state index in [1.165, 1.54) is 6.33 Å². The monoisotopic (exact) mass is 310 g/mol. The minimum atomic E-state index is -1.25. The molecule has 6 nitrogen and oxygen atoms in total. The van der Waals surface area contributed by atoms with E-state index in [4.69, 9.17) is 16.3 Å². The number of halogens is 1. The van der Waals surface area contributed by atoms with E-state index in [2.05, 4.69) is 9.97 Å². The van der Waals surface area contributed by atoms with Crippen LogP contribution in [0.15, 0.2) is 24.5 Å². The molecule has 0 spiro atoms. The highest BCUT2D eigenvalue weighted by Crippen LogP contribution is 2.25. The number of ether oxygens (including phenoxy) is 1. The minimum Gasteiger partial charge on any atom is -0.466 e. The summed E-state index contributed by atoms with van der Waals surface area (Å²) in [6, 6.07) is 4.87. The summed E-state index contributed by atoms with van der Waals surface area (Å²) >= 11 is 5.93. The second kappa shape index (κ2) is 6.80. The number of aliphatic hydroxyl groups is 2. The van der Waals surface area contributed by atoms with E-state index in [-0.39, 0.29) is 13.0 Å². The molecule has 0 aliphatic rings. The molecule has 2 atom stereocenters. The lowest BCUT2D eigenvalue weighted by atomic mass is 10.0. The van der Waals surface area contributed by atoms with Crippen molar-refractivity contribution in [3.63, 3.8) is 0 Å². The molecule has 112 valence electrons. The zero-order valence-corrected chi connectivity index (χ0v) is 12.1. The first-order valence-corrected chi connectivity index (χ1v) is 6.82. The first-order chi connectivity index (χ1) is 10.0. The van der Waals surface area contributed by atoms with Gasteiger partial charge in [0.1, 0.15) is 17.6 Å². The molecule has 0 aliphatic heterocycles. The smallest absolute Gasteiger partial charge is 0.308 e. The van der Waals surface area contributed by atoms with Crippen LogP contribution in [0.2, 0.25) is 5.15 Å². The molecule has 0 bridgehead atoms. The van der Waals surface area contributed by atoms with Crippen LogP contribution in [0.3, 0.4) is 0 Å². The Kier molecular flexibility index (Phi) is 5.06. The summed E-state index contributed by atoms with van der Waals surface area (Å²) in [4.78, 5) is 19.2. The number of carbonyl (C=O) groups excluding carboxylic acids is 1. The molecule has 0 radical (unpaired) electrons. The molecule has 1 aromatic carbocycles. The van der Waals surface area contributed by atoms with Crippen LogP contribution in [0, 0.1) is 0 Å². The van der Waals surface area contributed by atoms with Crippen molar-refractivity contribution in [1.82, 2.24) is 9.97 Å². The highest BCUT2D eigenvalue weighted by Gasteiger charge is 2.22. The van der Waals surface area contributed by atoms with E-state index in [0.29, 0.717) is 21.6 Å². The first kappa shape index (κ1) is 15.6. The predicted octanol–water partition coefficient (Wildman–Crippen LogP) is 1.63. The molecule has 2 N–H and O–H groups in total. The lowest BCUT2D eigenvalue weighted by Gasteiger charge is -2.17. The lowest BCUT2D eigenvalue weighted by molar-refractivity contribution is -0.147. The SMILES string of the molecule is CCOC(=O)CC(O)C(O)c1ccc2c(Cl)ncnc2c1. The van der Waals surface area contributed by atoms with Gasteiger partial charge in [-0.3, -0.25) is 4.79 Å². The van der Waals surface area contributed by atoms with Crippen LogP contribution in [0.5, 0.6) is 0 Å². The quantitative estimate of drug-likeness (QED) is 0.644. The molecule has 2 aromatic rings. The fourth-order valence-corrected chi connectivity index (χ4v) is 2.15. The molecular formula is C14H15ClN2O4. The molecule has 0 aliphatic carbocycles. The number of rotatable bonds is 5. The van der Waals surface area contributed by atoms with Crippen molar-refractivity contribution < 1.29 is 19.7 Å². The number of esters is 1. The Hall–Kier alpha value is -1.76. The van der Waals surface area contributed by atoms with Gasteiger partial charge in [0.25, 0.3) is 0 Å². The zero-order chi connectivity index (χ0) is 15.4. The molecule has 1 heterocycles. The molecule has 0 fully saturated rings. The Morgan fingerprint density at radius 2 is 2.14 bits per heavy atom. The average Bonchev–Trinajstić information content (AvgIpc) is 2.46. The van der Waals surface area contributed by atoms with Crippen molar-refractivity contribution in [3.8, 4) is 0 Å². The second-order valence-corrected chi connectivity index (χ2v) is 4.82. The Bertz CT molecular complexity index is 650. The van der Waals surface area contributed by atoms with Gasteiger partial charge in [-0.2, -0.15) is 0 Å². The van der Waals surface area contributed by atoms with E-state index in [0.717, 1.165) is 0 Å². The topological polar surface area (TPSA) is 92.5 Å². The maximum absolute atomic E-state index is 11.3. The second-order valence-electron chi connectivity index (χ2n) is 4.46. The minimum absolute atomic E-state index is 0.229. The van der Waals surface area contributed by atoms with Gasteiger partial charge in [-0.25, -0.2) is 9.97 Å². The highest BCUT2D eigenvalue weighted by atomic mass is 35.5. The Balaban J connectivity index is 2.19. The maximum atomic E-state index is 11.3. The van der Waals surface area contributed by atoms with Crippen LogP contribution in [0.1, 0.15) is 25.0 Å². The van der Waals surface area contributed by atoms with E-state index in [1.807, 2.05) is 0 Å². The zero-order valence-electron chi connectivity index (χ0n) is 11.4. The van der Waals surface area contributed by atoms with Crippen molar-refractivity contribution in [2.75, 3.05) is 6.61 Å². The summed E-state index contributed by atoms with van der Waals surface area (Å²) in [5.74, 6) is -0.560. The Morgan fingerprint density at radius 3 is 2.86 bits per heavy atom. The molecule has 0 saturated carbocycles. The van der Waals surface area contributed by atoms with Gasteiger partial charge < -0.3 is 14.9 Å². The third-order valence-electron chi connectivity index (χ3n) is 3.00. The van der Waals surface area contributed by atoms with Crippen LogP contribution in [-0.4, -0.2) is 38.9 Å². The van der Waals surface area contributed by atoms with Crippen molar-refractivity contribution in [2.45, 2.75) is 25.6 Å². The van der Waals surface area contributed by atoms with E-state index in [1.54, 1.807) is 25.1 Å². The number of hydrogen-bond donors (Lipinski definition) is 2. The van der Waals surface area contributed by atoms with E-state index in [9.17, 15) is 15.0 Å². The standard InChI is InChI=1S/C14H15ClN2O4/c1-2-21-12(19)6-11(18)13(20)8-3-4-9-10(5-8)16-7-17-14(9)15/h3-5,7,11,13,18,20H,2,6H2,1H3. The van der Waals surface area contributed by atoms with Crippen molar-refractivity contribution in [2.24, 2.45) is 0 Å². The molecule has 7 heteroatoms. The maximum Gasteiger partial charge on any atom is 0.308 e. The highest BCUT2D eigenvalue weighted by molar-refractivity contribution is 6.34. The van der Waals surface area contributed by atoms with E-state index < -0.39 is 18.2 Å². The molecule has 0 amide bonds. The first-order valence-electron chi connectivity index (χ1n) is 6.44. The van der Waals surface area contributed by atoms with Crippen molar-refractivity contribution in [3.05, 3.63) is 35.2 Å². The van der Waals surface area contributed by atoms with Gasteiger partial charge in [-0.1, -0.05) is 17.7 Å². The van der Waals surface area contributed by atoms with Gasteiger partial charge in [0.2, 0.25) is 0 Å². The summed E-state index contributed by atoms with van der Waals surface area (Å²) in [7, 11) is 0. The largest absolute Gasteiger partial charge is 0.466 e. The third-order valence-corrected chi connectivity index (χ3v) is 3.30. The number of aromatic nitrogens is 2. The number of hydrogen-bond acceptors (Lipinski definition) is 6. The summed E-state index contributed by atoms with van der Waals surface area (Å²) in [6.07, 6.45) is -1.43. The average molecular weight is 311 g/mol. The summed E-state index contributed by atoms with van der Waals surface area (Å²) in [5, 5.41) is 20.9. The third kappa shape index (κ3) is 3.66. The Morgan fingerprint density at radius 1 is 1.38 bits per heavy atom. The van der Waals surface area contributed by atoms with Crippen LogP contribution in [-0.2, 0) is 9.53 Å². The van der Waals surface area contributed by atoms with Crippen LogP contribution in [0.4, 0.5) is 0 Å². The van der Waals surface area contributed by atoms with Crippen LogP contribution >= 0.6 is 11.6 Å². The van der Waals surface area contributed by atoms with Gasteiger partial charge >= 0.3 is 5.97 Å². The molecule has 1 aromatic heterocycles. The molecule has 2 rings (SSSR count). The predicted molar refractivity (Wildman–Crippen MR) is 76.8 cm³/mol. The lowest BCUT2D eigenvalue weighted by Crippen LogP contribution is -2.23. The van der Waals surface area contributed by atoms with Crippen molar-refractivity contribution in [1.29, 1.82) is 0 Å². The van der Waals surface area contributed by atoms with Gasteiger partial charge in [-0.05, 0) is 24.6 Å².